The summed E-state index contributed by atoms with van der Waals surface area (Å²) in [6.45, 7) is 1.39. The smallest absolute Gasteiger partial charge is 0.238 e. The first-order valence-corrected chi connectivity index (χ1v) is 7.01. The van der Waals surface area contributed by atoms with Crippen molar-refractivity contribution >= 4 is 11.6 Å². The number of aliphatic hydroxyl groups is 1. The second-order valence-electron chi connectivity index (χ2n) is 4.59. The second kappa shape index (κ2) is 10.2. The Hall–Kier alpha value is -1.59. The minimum Gasteiger partial charge on any atom is -0.497 e. The van der Waals surface area contributed by atoms with Crippen molar-refractivity contribution in [2.45, 2.75) is 25.7 Å². The van der Waals surface area contributed by atoms with Gasteiger partial charge in [0.25, 0.3) is 0 Å². The van der Waals surface area contributed by atoms with Gasteiger partial charge in [0, 0.05) is 12.3 Å². The quantitative estimate of drug-likeness (QED) is 0.571. The molecule has 1 aromatic carbocycles. The average molecular weight is 280 g/mol. The van der Waals surface area contributed by atoms with E-state index in [0.717, 1.165) is 43.7 Å². The standard InChI is InChI=1S/C15H24N2O3/c1-20-14-8-6-13(7-9-14)17-15(19)12-16-10-4-2-3-5-11-18/h6-9,16,18H,2-5,10-12H2,1H3,(H,17,19). The van der Waals surface area contributed by atoms with Gasteiger partial charge in [-0.2, -0.15) is 0 Å². The van der Waals surface area contributed by atoms with Gasteiger partial charge in [-0.05, 0) is 43.7 Å². The number of carbonyl (C=O) groups is 1. The molecule has 0 saturated carbocycles. The van der Waals surface area contributed by atoms with Crippen molar-refractivity contribution in [3.63, 3.8) is 0 Å². The predicted molar refractivity (Wildman–Crippen MR) is 80.0 cm³/mol. The molecule has 0 heterocycles. The van der Waals surface area contributed by atoms with Gasteiger partial charge in [-0.1, -0.05) is 12.8 Å². The Morgan fingerprint density at radius 2 is 1.85 bits per heavy atom. The van der Waals surface area contributed by atoms with Crippen molar-refractivity contribution in [3.8, 4) is 5.75 Å². The van der Waals surface area contributed by atoms with E-state index in [2.05, 4.69) is 10.6 Å². The zero-order valence-corrected chi connectivity index (χ0v) is 12.0. The van der Waals surface area contributed by atoms with Crippen molar-refractivity contribution < 1.29 is 14.6 Å². The minimum atomic E-state index is -0.0504. The Bertz CT molecular complexity index is 379. The number of methoxy groups -OCH3 is 1. The van der Waals surface area contributed by atoms with Crippen LogP contribution in [0.5, 0.6) is 5.75 Å². The van der Waals surface area contributed by atoms with Crippen LogP contribution in [0.1, 0.15) is 25.7 Å². The maximum absolute atomic E-state index is 11.7. The maximum Gasteiger partial charge on any atom is 0.238 e. The zero-order valence-electron chi connectivity index (χ0n) is 12.0. The summed E-state index contributed by atoms with van der Waals surface area (Å²) in [5, 5.41) is 14.6. The van der Waals surface area contributed by atoms with Crippen molar-refractivity contribution in [3.05, 3.63) is 24.3 Å². The summed E-state index contributed by atoms with van der Waals surface area (Å²) in [7, 11) is 1.61. The highest BCUT2D eigenvalue weighted by atomic mass is 16.5. The number of anilines is 1. The van der Waals surface area contributed by atoms with Crippen LogP contribution < -0.4 is 15.4 Å². The molecule has 20 heavy (non-hydrogen) atoms. The molecule has 0 aliphatic rings. The molecule has 5 heteroatoms. The summed E-state index contributed by atoms with van der Waals surface area (Å²) in [6, 6.07) is 7.24. The van der Waals surface area contributed by atoms with Crippen LogP contribution in [0.2, 0.25) is 0 Å². The molecule has 0 spiro atoms. The summed E-state index contributed by atoms with van der Waals surface area (Å²) >= 11 is 0. The summed E-state index contributed by atoms with van der Waals surface area (Å²) in [4.78, 5) is 11.7. The number of nitrogens with one attached hydrogen (secondary N) is 2. The number of hydrogen-bond acceptors (Lipinski definition) is 4. The Morgan fingerprint density at radius 3 is 2.50 bits per heavy atom. The molecule has 3 N–H and O–H groups in total. The third-order valence-electron chi connectivity index (χ3n) is 2.92. The van der Waals surface area contributed by atoms with Crippen LogP contribution in [0.25, 0.3) is 0 Å². The molecular formula is C15H24N2O3. The van der Waals surface area contributed by atoms with Gasteiger partial charge in [-0.15, -0.1) is 0 Å². The summed E-state index contributed by atoms with van der Waals surface area (Å²) in [6.07, 6.45) is 4.00. The average Bonchev–Trinajstić information content (AvgIpc) is 2.47. The molecule has 0 aliphatic carbocycles. The molecule has 0 radical (unpaired) electrons. The van der Waals surface area contributed by atoms with Crippen LogP contribution in [0.15, 0.2) is 24.3 Å². The molecule has 5 nitrogen and oxygen atoms in total. The van der Waals surface area contributed by atoms with Crippen molar-refractivity contribution in [1.82, 2.24) is 5.32 Å². The number of ether oxygens (including phenoxy) is 1. The highest BCUT2D eigenvalue weighted by molar-refractivity contribution is 5.92. The van der Waals surface area contributed by atoms with E-state index in [-0.39, 0.29) is 12.5 Å². The maximum atomic E-state index is 11.7. The fourth-order valence-corrected chi connectivity index (χ4v) is 1.80. The SMILES string of the molecule is COc1ccc(NC(=O)CNCCCCCCO)cc1. The lowest BCUT2D eigenvalue weighted by Crippen LogP contribution is -2.28. The van der Waals surface area contributed by atoms with E-state index in [1.54, 1.807) is 7.11 Å². The minimum absolute atomic E-state index is 0.0504. The van der Waals surface area contributed by atoms with Crippen LogP contribution in [-0.4, -0.2) is 37.8 Å². The Morgan fingerprint density at radius 1 is 1.15 bits per heavy atom. The van der Waals surface area contributed by atoms with E-state index in [1.807, 2.05) is 24.3 Å². The van der Waals surface area contributed by atoms with Gasteiger partial charge in [0.1, 0.15) is 5.75 Å². The van der Waals surface area contributed by atoms with Crippen LogP contribution in [0.3, 0.4) is 0 Å². The molecule has 0 bridgehead atoms. The third-order valence-corrected chi connectivity index (χ3v) is 2.92. The van der Waals surface area contributed by atoms with Crippen molar-refractivity contribution in [1.29, 1.82) is 0 Å². The normalized spacial score (nSPS) is 10.3. The van der Waals surface area contributed by atoms with Gasteiger partial charge in [-0.3, -0.25) is 4.79 Å². The fourth-order valence-electron chi connectivity index (χ4n) is 1.80. The number of hydrogen-bond donors (Lipinski definition) is 3. The molecule has 0 fully saturated rings. The van der Waals surface area contributed by atoms with Crippen LogP contribution >= 0.6 is 0 Å². The summed E-state index contributed by atoms with van der Waals surface area (Å²) in [5.41, 5.74) is 0.764. The second-order valence-corrected chi connectivity index (χ2v) is 4.59. The fraction of sp³-hybridized carbons (Fsp3) is 0.533. The first kappa shape index (κ1) is 16.5. The number of unbranched alkanes of at least 4 members (excludes halogenated alkanes) is 3. The molecule has 1 rings (SSSR count). The molecular weight excluding hydrogens is 256 g/mol. The van der Waals surface area contributed by atoms with Crippen LogP contribution in [0, 0.1) is 0 Å². The number of rotatable bonds is 10. The Balaban J connectivity index is 2.10. The van der Waals surface area contributed by atoms with Gasteiger partial charge < -0.3 is 20.5 Å². The van der Waals surface area contributed by atoms with Gasteiger partial charge in [-0.25, -0.2) is 0 Å². The number of carbonyl (C=O) groups excluding carboxylic acids is 1. The highest BCUT2D eigenvalue weighted by Gasteiger charge is 2.01. The molecule has 1 amide bonds. The molecule has 0 unspecified atom stereocenters. The highest BCUT2D eigenvalue weighted by Crippen LogP contribution is 2.14. The zero-order chi connectivity index (χ0) is 14.6. The first-order chi connectivity index (χ1) is 9.76. The van der Waals surface area contributed by atoms with E-state index >= 15 is 0 Å². The lowest BCUT2D eigenvalue weighted by atomic mass is 10.2. The van der Waals surface area contributed by atoms with E-state index in [4.69, 9.17) is 9.84 Å². The Labute approximate surface area is 120 Å². The summed E-state index contributed by atoms with van der Waals surface area (Å²) < 4.78 is 5.05. The third kappa shape index (κ3) is 7.11. The van der Waals surface area contributed by atoms with Crippen LogP contribution in [0.4, 0.5) is 5.69 Å². The lowest BCUT2D eigenvalue weighted by Gasteiger charge is -2.07. The first-order valence-electron chi connectivity index (χ1n) is 7.01. The van der Waals surface area contributed by atoms with Gasteiger partial charge in [0.2, 0.25) is 5.91 Å². The lowest BCUT2D eigenvalue weighted by molar-refractivity contribution is -0.115. The number of amides is 1. The van der Waals surface area contributed by atoms with Gasteiger partial charge in [0.05, 0.1) is 13.7 Å². The summed E-state index contributed by atoms with van der Waals surface area (Å²) in [5.74, 6) is 0.717. The van der Waals surface area contributed by atoms with Gasteiger partial charge >= 0.3 is 0 Å². The molecule has 0 saturated heterocycles. The molecule has 1 aromatic rings. The predicted octanol–water partition coefficient (Wildman–Crippen LogP) is 1.78. The van der Waals surface area contributed by atoms with Crippen molar-refractivity contribution in [2.75, 3.05) is 32.1 Å². The number of aliphatic hydroxyl groups excluding tert-OH is 1. The van der Waals surface area contributed by atoms with Gasteiger partial charge in [0.15, 0.2) is 0 Å². The van der Waals surface area contributed by atoms with Crippen LogP contribution in [-0.2, 0) is 4.79 Å². The largest absolute Gasteiger partial charge is 0.497 e. The molecule has 0 atom stereocenters. The molecule has 112 valence electrons. The molecule has 0 aliphatic heterocycles. The van der Waals surface area contributed by atoms with E-state index in [1.165, 1.54) is 0 Å². The van der Waals surface area contributed by atoms with E-state index in [9.17, 15) is 4.79 Å². The number of benzene rings is 1. The monoisotopic (exact) mass is 280 g/mol. The van der Waals surface area contributed by atoms with E-state index in [0.29, 0.717) is 6.54 Å². The van der Waals surface area contributed by atoms with E-state index < -0.39 is 0 Å². The van der Waals surface area contributed by atoms with Crippen molar-refractivity contribution in [2.24, 2.45) is 0 Å². The topological polar surface area (TPSA) is 70.6 Å². The molecule has 0 aromatic heterocycles. The Kier molecular flexibility index (Phi) is 8.42.